The van der Waals surface area contributed by atoms with Crippen LogP contribution in [-0.2, 0) is 9.59 Å². The van der Waals surface area contributed by atoms with Crippen LogP contribution in [0, 0.1) is 16.7 Å². The molecule has 2 unspecified atom stereocenters. The van der Waals surface area contributed by atoms with E-state index in [0.717, 1.165) is 12.1 Å². The van der Waals surface area contributed by atoms with Crippen LogP contribution in [0.1, 0.15) is 33.1 Å². The van der Waals surface area contributed by atoms with Crippen LogP contribution >= 0.6 is 0 Å². The smallest absolute Gasteiger partial charge is 0.240 e. The fourth-order valence-corrected chi connectivity index (χ4v) is 4.23. The number of carbonyl (C=O) groups is 2. The predicted octanol–water partition coefficient (Wildman–Crippen LogP) is 3.04. The fraction of sp³-hybridized carbons (Fsp3) is 0.529. The topological polar surface area (TPSA) is 37.4 Å². The summed E-state index contributed by atoms with van der Waals surface area (Å²) in [6, 6.07) is 9.57. The lowest BCUT2D eigenvalue weighted by Gasteiger charge is -2.37. The minimum atomic E-state index is -0.803. The molecule has 2 saturated carbocycles. The quantitative estimate of drug-likeness (QED) is 0.775. The summed E-state index contributed by atoms with van der Waals surface area (Å²) in [4.78, 5) is 27.2. The number of carbonyl (C=O) groups excluding carboxylic acids is 2. The van der Waals surface area contributed by atoms with Crippen molar-refractivity contribution in [3.63, 3.8) is 0 Å². The number of hydrogen-bond donors (Lipinski definition) is 0. The average molecular weight is 271 g/mol. The lowest BCUT2D eigenvalue weighted by Crippen LogP contribution is -2.50. The lowest BCUT2D eigenvalue weighted by atomic mass is 9.68. The summed E-state index contributed by atoms with van der Waals surface area (Å²) in [5.74, 6) is 0.480. The van der Waals surface area contributed by atoms with Gasteiger partial charge in [-0.05, 0) is 36.3 Å². The van der Waals surface area contributed by atoms with E-state index in [1.54, 1.807) is 11.9 Å². The molecule has 3 nitrogen and oxygen atoms in total. The first kappa shape index (κ1) is 13.3. The van der Waals surface area contributed by atoms with E-state index < -0.39 is 5.41 Å². The van der Waals surface area contributed by atoms with Gasteiger partial charge in [-0.25, -0.2) is 0 Å². The molecule has 1 amide bonds. The zero-order valence-corrected chi connectivity index (χ0v) is 12.3. The summed E-state index contributed by atoms with van der Waals surface area (Å²) in [7, 11) is 1.78. The van der Waals surface area contributed by atoms with Gasteiger partial charge in [0, 0.05) is 19.2 Å². The molecular weight excluding hydrogens is 250 g/mol. The maximum atomic E-state index is 13.1. The molecule has 0 heterocycles. The van der Waals surface area contributed by atoms with E-state index >= 15 is 0 Å². The van der Waals surface area contributed by atoms with Crippen molar-refractivity contribution in [2.45, 2.75) is 33.1 Å². The fourth-order valence-electron chi connectivity index (χ4n) is 4.23. The number of Topliss-reactive ketones (excluding diaryl/α,β-unsaturated/α-hetero) is 1. The molecule has 1 aromatic rings. The van der Waals surface area contributed by atoms with Crippen molar-refractivity contribution in [1.82, 2.24) is 0 Å². The SMILES string of the molecule is CN(C(=O)C12CCC(CC1=O)C2(C)C)c1ccccc1. The first-order chi connectivity index (χ1) is 9.41. The van der Waals surface area contributed by atoms with Crippen molar-refractivity contribution in [2.24, 2.45) is 16.7 Å². The Hall–Kier alpha value is -1.64. The first-order valence-corrected chi connectivity index (χ1v) is 7.28. The number of rotatable bonds is 2. The minimum Gasteiger partial charge on any atom is -0.315 e. The predicted molar refractivity (Wildman–Crippen MR) is 78.4 cm³/mol. The third kappa shape index (κ3) is 1.46. The van der Waals surface area contributed by atoms with Crippen LogP contribution in [0.15, 0.2) is 30.3 Å². The van der Waals surface area contributed by atoms with Gasteiger partial charge in [0.05, 0.1) is 0 Å². The number of anilines is 1. The number of hydrogen-bond acceptors (Lipinski definition) is 2. The van der Waals surface area contributed by atoms with Crippen molar-refractivity contribution >= 4 is 17.4 Å². The third-order valence-electron chi connectivity index (χ3n) is 5.71. The van der Waals surface area contributed by atoms with Gasteiger partial charge < -0.3 is 4.90 Å². The van der Waals surface area contributed by atoms with E-state index in [1.807, 2.05) is 30.3 Å². The van der Waals surface area contributed by atoms with Gasteiger partial charge in [-0.2, -0.15) is 0 Å². The van der Waals surface area contributed by atoms with Gasteiger partial charge in [0.2, 0.25) is 5.91 Å². The Kier molecular flexibility index (Phi) is 2.79. The number of fused-ring (bicyclic) bond motifs is 2. The molecule has 0 aliphatic heterocycles. The number of ketones is 1. The highest BCUT2D eigenvalue weighted by Crippen LogP contribution is 2.64. The Labute approximate surface area is 120 Å². The molecule has 2 aliphatic carbocycles. The van der Waals surface area contributed by atoms with Gasteiger partial charge in [-0.3, -0.25) is 9.59 Å². The molecule has 0 spiro atoms. The molecule has 0 saturated heterocycles. The van der Waals surface area contributed by atoms with Crippen LogP contribution in [0.5, 0.6) is 0 Å². The molecular formula is C17H21NO2. The molecule has 3 heteroatoms. The Balaban J connectivity index is 2.00. The van der Waals surface area contributed by atoms with E-state index in [1.165, 1.54) is 0 Å². The Morgan fingerprint density at radius 2 is 1.90 bits per heavy atom. The zero-order chi connectivity index (χ0) is 14.5. The first-order valence-electron chi connectivity index (χ1n) is 7.28. The van der Waals surface area contributed by atoms with E-state index in [0.29, 0.717) is 18.8 Å². The van der Waals surface area contributed by atoms with Gasteiger partial charge in [0.1, 0.15) is 11.2 Å². The zero-order valence-electron chi connectivity index (χ0n) is 12.3. The molecule has 2 atom stereocenters. The minimum absolute atomic E-state index is 0.0290. The third-order valence-corrected chi connectivity index (χ3v) is 5.71. The molecule has 2 bridgehead atoms. The van der Waals surface area contributed by atoms with Gasteiger partial charge in [-0.15, -0.1) is 0 Å². The molecule has 0 aromatic heterocycles. The monoisotopic (exact) mass is 271 g/mol. The summed E-state index contributed by atoms with van der Waals surface area (Å²) in [6.07, 6.45) is 2.27. The number of para-hydroxylation sites is 1. The van der Waals surface area contributed by atoms with Crippen molar-refractivity contribution < 1.29 is 9.59 Å². The lowest BCUT2D eigenvalue weighted by molar-refractivity contribution is -0.142. The number of benzene rings is 1. The summed E-state index contributed by atoms with van der Waals surface area (Å²) >= 11 is 0. The Morgan fingerprint density at radius 1 is 1.25 bits per heavy atom. The van der Waals surface area contributed by atoms with Crippen LogP contribution in [0.3, 0.4) is 0 Å². The van der Waals surface area contributed by atoms with Crippen LogP contribution in [-0.4, -0.2) is 18.7 Å². The molecule has 2 aliphatic rings. The highest BCUT2D eigenvalue weighted by Gasteiger charge is 2.68. The van der Waals surface area contributed by atoms with Gasteiger partial charge >= 0.3 is 0 Å². The Bertz CT molecular complexity index is 564. The molecule has 0 radical (unpaired) electrons. The normalized spacial score (nSPS) is 30.6. The average Bonchev–Trinajstić information content (AvgIpc) is 2.81. The molecule has 2 fully saturated rings. The van der Waals surface area contributed by atoms with E-state index in [2.05, 4.69) is 13.8 Å². The van der Waals surface area contributed by atoms with Crippen LogP contribution < -0.4 is 4.90 Å². The van der Waals surface area contributed by atoms with Crippen molar-refractivity contribution in [2.75, 3.05) is 11.9 Å². The second-order valence-corrected chi connectivity index (χ2v) is 6.69. The highest BCUT2D eigenvalue weighted by molar-refractivity contribution is 6.14. The highest BCUT2D eigenvalue weighted by atomic mass is 16.2. The van der Waals surface area contributed by atoms with Crippen molar-refractivity contribution in [3.05, 3.63) is 30.3 Å². The van der Waals surface area contributed by atoms with Crippen LogP contribution in [0.25, 0.3) is 0 Å². The standard InChI is InChI=1S/C17H21NO2/c1-16(2)12-9-10-17(16,14(19)11-12)15(20)18(3)13-7-5-4-6-8-13/h4-8,12H,9-11H2,1-3H3. The van der Waals surface area contributed by atoms with E-state index in [4.69, 9.17) is 0 Å². The van der Waals surface area contributed by atoms with Gasteiger partial charge in [0.15, 0.2) is 0 Å². The maximum absolute atomic E-state index is 13.1. The van der Waals surface area contributed by atoms with Crippen molar-refractivity contribution in [3.8, 4) is 0 Å². The molecule has 1 aromatic carbocycles. The van der Waals surface area contributed by atoms with E-state index in [-0.39, 0.29) is 17.1 Å². The molecule has 20 heavy (non-hydrogen) atoms. The summed E-state index contributed by atoms with van der Waals surface area (Å²) in [5, 5.41) is 0. The van der Waals surface area contributed by atoms with Crippen LogP contribution in [0.2, 0.25) is 0 Å². The molecule has 106 valence electrons. The van der Waals surface area contributed by atoms with E-state index in [9.17, 15) is 9.59 Å². The number of nitrogens with zero attached hydrogens (tertiary/aromatic N) is 1. The summed E-state index contributed by atoms with van der Waals surface area (Å²) < 4.78 is 0. The number of amides is 1. The summed E-state index contributed by atoms with van der Waals surface area (Å²) in [6.45, 7) is 4.18. The second-order valence-electron chi connectivity index (χ2n) is 6.69. The second kappa shape index (κ2) is 4.18. The van der Waals surface area contributed by atoms with Gasteiger partial charge in [0.25, 0.3) is 0 Å². The van der Waals surface area contributed by atoms with Crippen molar-refractivity contribution in [1.29, 1.82) is 0 Å². The van der Waals surface area contributed by atoms with Crippen LogP contribution in [0.4, 0.5) is 5.69 Å². The molecule has 0 N–H and O–H groups in total. The summed E-state index contributed by atoms with van der Waals surface area (Å²) in [5.41, 5.74) is -0.169. The molecule has 3 rings (SSSR count). The largest absolute Gasteiger partial charge is 0.315 e. The maximum Gasteiger partial charge on any atom is 0.240 e. The Morgan fingerprint density at radius 3 is 2.40 bits per heavy atom. The van der Waals surface area contributed by atoms with Gasteiger partial charge in [-0.1, -0.05) is 32.0 Å².